The second-order valence-electron chi connectivity index (χ2n) is 6.55. The van der Waals surface area contributed by atoms with Crippen LogP contribution in [0.4, 0.5) is 5.69 Å². The zero-order chi connectivity index (χ0) is 17.5. The minimum absolute atomic E-state index is 0.235. The Balaban J connectivity index is 1.50. The van der Waals surface area contributed by atoms with E-state index in [9.17, 15) is 10.1 Å². The number of amides is 1. The first-order valence-corrected chi connectivity index (χ1v) is 9.10. The van der Waals surface area contributed by atoms with Crippen molar-refractivity contribution in [2.24, 2.45) is 0 Å². The van der Waals surface area contributed by atoms with Crippen molar-refractivity contribution in [2.45, 2.75) is 12.8 Å². The van der Waals surface area contributed by atoms with Crippen LogP contribution in [0.1, 0.15) is 18.4 Å². The molecule has 0 bridgehead atoms. The number of rotatable bonds is 4. The van der Waals surface area contributed by atoms with E-state index < -0.39 is 0 Å². The van der Waals surface area contributed by atoms with Gasteiger partial charge in [-0.15, -0.1) is 0 Å². The molecule has 0 unspecified atom stereocenters. The summed E-state index contributed by atoms with van der Waals surface area (Å²) in [4.78, 5) is 18.9. The number of benzene rings is 1. The van der Waals surface area contributed by atoms with Crippen LogP contribution in [0.3, 0.4) is 0 Å². The maximum atomic E-state index is 12.3. The second kappa shape index (κ2) is 8.84. The van der Waals surface area contributed by atoms with Crippen molar-refractivity contribution in [3.8, 4) is 6.07 Å². The minimum atomic E-state index is 0.235. The van der Waals surface area contributed by atoms with Crippen molar-refractivity contribution in [3.05, 3.63) is 29.8 Å². The van der Waals surface area contributed by atoms with E-state index in [0.717, 1.165) is 63.5 Å². The molecule has 2 fully saturated rings. The Hall–Kier alpha value is -2.10. The Labute approximate surface area is 149 Å². The van der Waals surface area contributed by atoms with E-state index in [2.05, 4.69) is 15.9 Å². The fourth-order valence-electron chi connectivity index (χ4n) is 3.50. The van der Waals surface area contributed by atoms with Crippen LogP contribution in [0.2, 0.25) is 0 Å². The Kier molecular flexibility index (Phi) is 6.26. The quantitative estimate of drug-likeness (QED) is 0.826. The molecule has 1 aromatic rings. The van der Waals surface area contributed by atoms with Crippen LogP contribution in [0.25, 0.3) is 0 Å². The third kappa shape index (κ3) is 4.71. The van der Waals surface area contributed by atoms with E-state index in [1.807, 2.05) is 29.2 Å². The van der Waals surface area contributed by atoms with Gasteiger partial charge in [-0.2, -0.15) is 5.26 Å². The number of carbonyl (C=O) groups excluding carboxylic acids is 1. The Morgan fingerprint density at radius 3 is 2.68 bits per heavy atom. The van der Waals surface area contributed by atoms with Crippen LogP contribution in [0.15, 0.2) is 24.3 Å². The molecule has 0 atom stereocenters. The van der Waals surface area contributed by atoms with Gasteiger partial charge >= 0.3 is 0 Å². The summed E-state index contributed by atoms with van der Waals surface area (Å²) in [6.45, 7) is 7.33. The first-order valence-electron chi connectivity index (χ1n) is 9.10. The predicted molar refractivity (Wildman–Crippen MR) is 96.4 cm³/mol. The van der Waals surface area contributed by atoms with Crippen molar-refractivity contribution < 1.29 is 9.53 Å². The Bertz CT molecular complexity index is 622. The van der Waals surface area contributed by atoms with E-state index >= 15 is 0 Å². The number of morpholine rings is 1. The average molecular weight is 342 g/mol. The highest BCUT2D eigenvalue weighted by Gasteiger charge is 2.20. The third-order valence-corrected chi connectivity index (χ3v) is 4.96. The smallest absolute Gasteiger partial charge is 0.224 e. The Morgan fingerprint density at radius 2 is 1.88 bits per heavy atom. The van der Waals surface area contributed by atoms with Crippen LogP contribution < -0.4 is 4.90 Å². The normalized spacial score (nSPS) is 19.3. The van der Waals surface area contributed by atoms with E-state index in [1.54, 1.807) is 0 Å². The van der Waals surface area contributed by atoms with Gasteiger partial charge in [0.25, 0.3) is 0 Å². The molecule has 0 radical (unpaired) electrons. The molecule has 2 aliphatic rings. The van der Waals surface area contributed by atoms with Crippen molar-refractivity contribution in [2.75, 3.05) is 63.9 Å². The van der Waals surface area contributed by atoms with Crippen molar-refractivity contribution in [1.82, 2.24) is 9.80 Å². The molecule has 2 aliphatic heterocycles. The topological polar surface area (TPSA) is 59.8 Å². The maximum absolute atomic E-state index is 12.3. The Morgan fingerprint density at radius 1 is 1.08 bits per heavy atom. The van der Waals surface area contributed by atoms with Crippen LogP contribution in [-0.4, -0.2) is 74.7 Å². The molecule has 0 N–H and O–H groups in total. The minimum Gasteiger partial charge on any atom is -0.378 e. The molecule has 1 amide bonds. The highest BCUT2D eigenvalue weighted by Crippen LogP contribution is 2.21. The van der Waals surface area contributed by atoms with Gasteiger partial charge in [0.1, 0.15) is 6.07 Å². The van der Waals surface area contributed by atoms with Gasteiger partial charge in [0.15, 0.2) is 0 Å². The number of hydrogen-bond donors (Lipinski definition) is 0. The van der Waals surface area contributed by atoms with Gasteiger partial charge in [-0.1, -0.05) is 12.1 Å². The summed E-state index contributed by atoms with van der Waals surface area (Å²) in [5.41, 5.74) is 1.76. The highest BCUT2D eigenvalue weighted by molar-refractivity contribution is 5.76. The molecule has 0 aromatic heterocycles. The lowest BCUT2D eigenvalue weighted by Gasteiger charge is -2.28. The lowest BCUT2D eigenvalue weighted by Crippen LogP contribution is -2.42. The number of carbonyl (C=O) groups is 1. The van der Waals surface area contributed by atoms with Gasteiger partial charge in [-0.25, -0.2) is 0 Å². The molecular weight excluding hydrogens is 316 g/mol. The number of nitriles is 1. The van der Waals surface area contributed by atoms with Crippen LogP contribution >= 0.6 is 0 Å². The lowest BCUT2D eigenvalue weighted by atomic mass is 10.1. The fraction of sp³-hybridized carbons (Fsp3) is 0.579. The molecule has 134 valence electrons. The van der Waals surface area contributed by atoms with Crippen molar-refractivity contribution >= 4 is 11.6 Å². The fourth-order valence-corrected chi connectivity index (χ4v) is 3.50. The van der Waals surface area contributed by atoms with Crippen molar-refractivity contribution in [1.29, 1.82) is 5.26 Å². The van der Waals surface area contributed by atoms with Crippen LogP contribution in [-0.2, 0) is 9.53 Å². The average Bonchev–Trinajstić information content (AvgIpc) is 2.92. The first kappa shape index (κ1) is 17.7. The summed E-state index contributed by atoms with van der Waals surface area (Å²) in [5.74, 6) is 0.235. The van der Waals surface area contributed by atoms with Gasteiger partial charge in [0.05, 0.1) is 24.5 Å². The molecule has 25 heavy (non-hydrogen) atoms. The van der Waals surface area contributed by atoms with E-state index in [1.165, 1.54) is 0 Å². The molecule has 0 aliphatic carbocycles. The van der Waals surface area contributed by atoms with Gasteiger partial charge < -0.3 is 19.4 Å². The largest absolute Gasteiger partial charge is 0.378 e. The predicted octanol–water partition coefficient (Wildman–Crippen LogP) is 1.32. The molecule has 2 heterocycles. The monoisotopic (exact) mass is 342 g/mol. The maximum Gasteiger partial charge on any atom is 0.224 e. The van der Waals surface area contributed by atoms with Crippen molar-refractivity contribution in [3.63, 3.8) is 0 Å². The summed E-state index contributed by atoms with van der Waals surface area (Å²) in [6, 6.07) is 10.1. The van der Waals surface area contributed by atoms with Gasteiger partial charge in [-0.3, -0.25) is 4.79 Å². The lowest BCUT2D eigenvalue weighted by molar-refractivity contribution is -0.135. The number of hydrogen-bond acceptors (Lipinski definition) is 5. The second-order valence-corrected chi connectivity index (χ2v) is 6.55. The third-order valence-electron chi connectivity index (χ3n) is 4.96. The summed E-state index contributed by atoms with van der Waals surface area (Å²) in [6.07, 6.45) is 1.63. The summed E-state index contributed by atoms with van der Waals surface area (Å²) >= 11 is 0. The van der Waals surface area contributed by atoms with Crippen LogP contribution in [0, 0.1) is 11.3 Å². The zero-order valence-corrected chi connectivity index (χ0v) is 14.7. The number of anilines is 1. The number of ether oxygens (including phenoxy) is 1. The molecule has 6 nitrogen and oxygen atoms in total. The van der Waals surface area contributed by atoms with E-state index in [4.69, 9.17) is 4.74 Å². The summed E-state index contributed by atoms with van der Waals surface area (Å²) in [5, 5.41) is 9.30. The molecular formula is C19H26N4O2. The highest BCUT2D eigenvalue weighted by atomic mass is 16.5. The molecule has 0 saturated carbocycles. The first-order chi connectivity index (χ1) is 12.3. The SMILES string of the molecule is N#Cc1ccccc1N1CCCN(CCC(=O)N2CCOCC2)CC1. The standard InChI is InChI=1S/C19H26N4O2/c20-16-17-4-1-2-5-18(17)22-8-3-7-21(10-11-22)9-6-19(24)23-12-14-25-15-13-23/h1-2,4-5H,3,6-15H2. The molecule has 3 rings (SSSR count). The molecule has 2 saturated heterocycles. The van der Waals surface area contributed by atoms with Gasteiger partial charge in [0.2, 0.25) is 5.91 Å². The van der Waals surface area contributed by atoms with Gasteiger partial charge in [0, 0.05) is 45.7 Å². The molecule has 0 spiro atoms. The van der Waals surface area contributed by atoms with E-state index in [0.29, 0.717) is 19.6 Å². The molecule has 1 aromatic carbocycles. The van der Waals surface area contributed by atoms with E-state index in [-0.39, 0.29) is 5.91 Å². The zero-order valence-electron chi connectivity index (χ0n) is 14.7. The van der Waals surface area contributed by atoms with Gasteiger partial charge in [-0.05, 0) is 25.1 Å². The number of nitrogens with zero attached hydrogens (tertiary/aromatic N) is 4. The summed E-state index contributed by atoms with van der Waals surface area (Å²) in [7, 11) is 0. The number of para-hydroxylation sites is 1. The molecule has 6 heteroatoms. The van der Waals surface area contributed by atoms with Crippen LogP contribution in [0.5, 0.6) is 0 Å². The summed E-state index contributed by atoms with van der Waals surface area (Å²) < 4.78 is 5.30.